The van der Waals surface area contributed by atoms with Crippen molar-refractivity contribution in [3.05, 3.63) is 30.2 Å². The van der Waals surface area contributed by atoms with Crippen molar-refractivity contribution in [1.29, 1.82) is 0 Å². The van der Waals surface area contributed by atoms with Crippen LogP contribution in [0.3, 0.4) is 0 Å². The van der Waals surface area contributed by atoms with E-state index in [1.807, 2.05) is 47.7 Å². The normalized spacial score (nSPS) is 19.5. The molecule has 0 aromatic carbocycles. The van der Waals surface area contributed by atoms with E-state index < -0.39 is 0 Å². The molecule has 0 spiro atoms. The predicted octanol–water partition coefficient (Wildman–Crippen LogP) is 0.476. The number of aliphatic imine (C=N–C) groups is 1. The number of guanidine groups is 1. The average molecular weight is 413 g/mol. The number of nitrogens with zero attached hydrogens (tertiary/aromatic N) is 7. The summed E-state index contributed by atoms with van der Waals surface area (Å²) < 4.78 is 2.02. The smallest absolute Gasteiger partial charge is 0.239 e. The van der Waals surface area contributed by atoms with E-state index in [1.165, 1.54) is 0 Å². The molecule has 162 valence electrons. The van der Waals surface area contributed by atoms with Crippen LogP contribution in [0.15, 0.2) is 29.4 Å². The molecule has 9 nitrogen and oxygen atoms in total. The summed E-state index contributed by atoms with van der Waals surface area (Å²) in [6.45, 7) is 8.10. The summed E-state index contributed by atoms with van der Waals surface area (Å²) in [5.74, 6) is 2.12. The lowest BCUT2D eigenvalue weighted by Gasteiger charge is -2.39. The number of pyridine rings is 1. The van der Waals surface area contributed by atoms with E-state index in [-0.39, 0.29) is 11.9 Å². The molecule has 1 N–H and O–H groups in total. The lowest BCUT2D eigenvalue weighted by atomic mass is 10.2. The van der Waals surface area contributed by atoms with Crippen LogP contribution in [0, 0.1) is 0 Å². The molecular weight excluding hydrogens is 380 g/mol. The number of hydrogen-bond donors (Lipinski definition) is 1. The zero-order valence-electron chi connectivity index (χ0n) is 18.0. The van der Waals surface area contributed by atoms with Crippen LogP contribution in [-0.4, -0.2) is 100 Å². The number of fused-ring (bicyclic) bond motifs is 1. The van der Waals surface area contributed by atoms with Crippen LogP contribution in [0.25, 0.3) is 5.65 Å². The molecule has 0 radical (unpaired) electrons. The van der Waals surface area contributed by atoms with E-state index in [0.717, 1.165) is 82.5 Å². The van der Waals surface area contributed by atoms with E-state index in [2.05, 4.69) is 30.3 Å². The molecule has 1 amide bonds. The minimum absolute atomic E-state index is 0.0403. The molecule has 0 bridgehead atoms. The molecule has 2 fully saturated rings. The lowest BCUT2D eigenvalue weighted by molar-refractivity contribution is -0.135. The zero-order valence-corrected chi connectivity index (χ0v) is 18.0. The highest BCUT2D eigenvalue weighted by molar-refractivity contribution is 5.82. The summed E-state index contributed by atoms with van der Waals surface area (Å²) >= 11 is 0. The zero-order chi connectivity index (χ0) is 20.9. The van der Waals surface area contributed by atoms with Gasteiger partial charge in [-0.25, -0.2) is 0 Å². The standard InChI is InChI=1S/C21H32N8O/c1-17(20(30)27-10-5-6-11-27)26-13-15-28(16-14-26)21(22-2)23-9-8-19-25-24-18-7-3-4-12-29(18)19/h3-4,7,12,17H,5-6,8-11,13-16H2,1-2H3,(H,22,23). The summed E-state index contributed by atoms with van der Waals surface area (Å²) in [5, 5.41) is 11.9. The Morgan fingerprint density at radius 1 is 1.10 bits per heavy atom. The fourth-order valence-electron chi connectivity index (χ4n) is 4.36. The Bertz CT molecular complexity index is 880. The van der Waals surface area contributed by atoms with Gasteiger partial charge < -0.3 is 15.1 Å². The summed E-state index contributed by atoms with van der Waals surface area (Å²) in [4.78, 5) is 23.7. The van der Waals surface area contributed by atoms with Crippen molar-refractivity contribution < 1.29 is 4.79 Å². The number of piperazine rings is 1. The number of carbonyl (C=O) groups is 1. The Balaban J connectivity index is 1.25. The van der Waals surface area contributed by atoms with Crippen LogP contribution < -0.4 is 5.32 Å². The third-order valence-corrected chi connectivity index (χ3v) is 6.16. The van der Waals surface area contributed by atoms with Crippen LogP contribution in [0.5, 0.6) is 0 Å². The number of amides is 1. The molecule has 1 atom stereocenters. The van der Waals surface area contributed by atoms with Crippen LogP contribution in [-0.2, 0) is 11.2 Å². The van der Waals surface area contributed by atoms with Gasteiger partial charge in [0.15, 0.2) is 11.6 Å². The minimum Gasteiger partial charge on any atom is -0.356 e. The van der Waals surface area contributed by atoms with Gasteiger partial charge in [-0.1, -0.05) is 6.07 Å². The number of likely N-dealkylation sites (tertiary alicyclic amines) is 1. The predicted molar refractivity (Wildman–Crippen MR) is 116 cm³/mol. The van der Waals surface area contributed by atoms with E-state index in [9.17, 15) is 4.79 Å². The first-order valence-corrected chi connectivity index (χ1v) is 10.9. The lowest BCUT2D eigenvalue weighted by Crippen LogP contribution is -2.57. The van der Waals surface area contributed by atoms with Crippen molar-refractivity contribution in [3.8, 4) is 0 Å². The van der Waals surface area contributed by atoms with Crippen LogP contribution in [0.2, 0.25) is 0 Å². The number of hydrogen-bond acceptors (Lipinski definition) is 5. The maximum absolute atomic E-state index is 12.7. The Morgan fingerprint density at radius 3 is 2.60 bits per heavy atom. The monoisotopic (exact) mass is 412 g/mol. The molecule has 2 aromatic rings. The third kappa shape index (κ3) is 4.40. The minimum atomic E-state index is -0.0403. The Hall–Kier alpha value is -2.68. The van der Waals surface area contributed by atoms with E-state index in [1.54, 1.807) is 0 Å². The number of nitrogens with one attached hydrogen (secondary N) is 1. The summed E-state index contributed by atoms with van der Waals surface area (Å²) in [5.41, 5.74) is 0.866. The Labute approximate surface area is 177 Å². The number of rotatable bonds is 5. The van der Waals surface area contributed by atoms with Crippen molar-refractivity contribution >= 4 is 17.5 Å². The van der Waals surface area contributed by atoms with Gasteiger partial charge in [0.25, 0.3) is 0 Å². The van der Waals surface area contributed by atoms with Crippen LogP contribution in [0.4, 0.5) is 0 Å². The molecule has 2 aliphatic heterocycles. The summed E-state index contributed by atoms with van der Waals surface area (Å²) in [6.07, 6.45) is 5.03. The van der Waals surface area contributed by atoms with Gasteiger partial charge in [-0.3, -0.25) is 19.1 Å². The van der Waals surface area contributed by atoms with Crippen LogP contribution >= 0.6 is 0 Å². The van der Waals surface area contributed by atoms with Crippen molar-refractivity contribution in [3.63, 3.8) is 0 Å². The molecule has 4 rings (SSSR count). The van der Waals surface area contributed by atoms with E-state index >= 15 is 0 Å². The quantitative estimate of drug-likeness (QED) is 0.568. The van der Waals surface area contributed by atoms with Gasteiger partial charge in [0.1, 0.15) is 5.82 Å². The highest BCUT2D eigenvalue weighted by atomic mass is 16.2. The molecule has 0 saturated carbocycles. The van der Waals surface area contributed by atoms with E-state index in [0.29, 0.717) is 0 Å². The fraction of sp³-hybridized carbons (Fsp3) is 0.619. The SMILES string of the molecule is CN=C(NCCc1nnc2ccccn12)N1CCN(C(C)C(=O)N2CCCC2)CC1. The Morgan fingerprint density at radius 2 is 1.87 bits per heavy atom. The molecule has 30 heavy (non-hydrogen) atoms. The van der Waals surface area contributed by atoms with Crippen molar-refractivity contribution in [1.82, 2.24) is 34.6 Å². The number of aromatic nitrogens is 3. The van der Waals surface area contributed by atoms with Crippen molar-refractivity contribution in [2.75, 3.05) is 52.9 Å². The van der Waals surface area contributed by atoms with Gasteiger partial charge in [0.2, 0.25) is 5.91 Å². The Kier molecular flexibility index (Phi) is 6.47. The molecule has 2 saturated heterocycles. The second kappa shape index (κ2) is 9.42. The molecule has 9 heteroatoms. The van der Waals surface area contributed by atoms with Crippen molar-refractivity contribution in [2.45, 2.75) is 32.2 Å². The maximum atomic E-state index is 12.7. The van der Waals surface area contributed by atoms with Gasteiger partial charge in [0.05, 0.1) is 6.04 Å². The van der Waals surface area contributed by atoms with Crippen molar-refractivity contribution in [2.24, 2.45) is 4.99 Å². The first-order valence-electron chi connectivity index (χ1n) is 10.9. The maximum Gasteiger partial charge on any atom is 0.239 e. The molecule has 1 unspecified atom stereocenters. The summed E-state index contributed by atoms with van der Waals surface area (Å²) in [7, 11) is 1.82. The first-order chi connectivity index (χ1) is 14.7. The second-order valence-corrected chi connectivity index (χ2v) is 8.00. The number of carbonyl (C=O) groups excluding carboxylic acids is 1. The van der Waals surface area contributed by atoms with Gasteiger partial charge in [0, 0.05) is 65.5 Å². The second-order valence-electron chi connectivity index (χ2n) is 8.00. The molecule has 4 heterocycles. The molecule has 0 aliphatic carbocycles. The average Bonchev–Trinajstić information content (AvgIpc) is 3.46. The fourth-order valence-corrected chi connectivity index (χ4v) is 4.36. The van der Waals surface area contributed by atoms with Gasteiger partial charge in [-0.2, -0.15) is 0 Å². The van der Waals surface area contributed by atoms with Gasteiger partial charge in [-0.05, 0) is 31.9 Å². The highest BCUT2D eigenvalue weighted by Crippen LogP contribution is 2.14. The van der Waals surface area contributed by atoms with Crippen LogP contribution in [0.1, 0.15) is 25.6 Å². The van der Waals surface area contributed by atoms with E-state index in [4.69, 9.17) is 0 Å². The molecule has 2 aromatic heterocycles. The highest BCUT2D eigenvalue weighted by Gasteiger charge is 2.30. The topological polar surface area (TPSA) is 81.4 Å². The van der Waals surface area contributed by atoms with Gasteiger partial charge >= 0.3 is 0 Å². The molecular formula is C21H32N8O. The molecule has 2 aliphatic rings. The largest absolute Gasteiger partial charge is 0.356 e. The first kappa shape index (κ1) is 20.6. The third-order valence-electron chi connectivity index (χ3n) is 6.16. The summed E-state index contributed by atoms with van der Waals surface area (Å²) in [6, 6.07) is 5.87. The van der Waals surface area contributed by atoms with Gasteiger partial charge in [-0.15, -0.1) is 10.2 Å².